The molecule has 1 aliphatic rings. The van der Waals surface area contributed by atoms with Crippen LogP contribution < -0.4 is 10.2 Å². The fourth-order valence-corrected chi connectivity index (χ4v) is 3.05. The molecule has 2 aromatic heterocycles. The Labute approximate surface area is 140 Å². The molecule has 0 spiro atoms. The van der Waals surface area contributed by atoms with E-state index in [4.69, 9.17) is 0 Å². The zero-order valence-corrected chi connectivity index (χ0v) is 13.3. The number of para-hydroxylation sites is 1. The largest absolute Gasteiger partial charge is 0.355 e. The van der Waals surface area contributed by atoms with Crippen LogP contribution in [0.25, 0.3) is 10.9 Å². The van der Waals surface area contributed by atoms with Crippen LogP contribution in [0.3, 0.4) is 0 Å². The van der Waals surface area contributed by atoms with Crippen molar-refractivity contribution in [2.45, 2.75) is 12.8 Å². The Hall–Kier alpha value is -2.95. The van der Waals surface area contributed by atoms with Crippen LogP contribution in [-0.2, 0) is 0 Å². The van der Waals surface area contributed by atoms with Gasteiger partial charge in [0, 0.05) is 24.7 Å². The molecule has 0 radical (unpaired) electrons. The molecule has 3 aromatic rings. The second kappa shape index (κ2) is 6.28. The molecule has 3 heterocycles. The van der Waals surface area contributed by atoms with Crippen molar-refractivity contribution in [1.82, 2.24) is 9.97 Å². The maximum atomic E-state index is 12.6. The van der Waals surface area contributed by atoms with Gasteiger partial charge in [-0.25, -0.2) is 9.97 Å². The van der Waals surface area contributed by atoms with E-state index in [1.54, 1.807) is 12.3 Å². The average Bonchev–Trinajstić information content (AvgIpc) is 3.16. The van der Waals surface area contributed by atoms with Gasteiger partial charge in [-0.1, -0.05) is 24.3 Å². The topological polar surface area (TPSA) is 58.1 Å². The van der Waals surface area contributed by atoms with Crippen molar-refractivity contribution in [2.75, 3.05) is 23.3 Å². The van der Waals surface area contributed by atoms with E-state index in [9.17, 15) is 4.79 Å². The molecule has 0 atom stereocenters. The van der Waals surface area contributed by atoms with E-state index in [1.165, 1.54) is 0 Å². The molecule has 24 heavy (non-hydrogen) atoms. The van der Waals surface area contributed by atoms with Crippen molar-refractivity contribution in [1.29, 1.82) is 0 Å². The van der Waals surface area contributed by atoms with E-state index in [0.717, 1.165) is 48.3 Å². The molecular formula is C19H18N4O. The summed E-state index contributed by atoms with van der Waals surface area (Å²) >= 11 is 0. The molecule has 1 aliphatic heterocycles. The van der Waals surface area contributed by atoms with Crippen molar-refractivity contribution in [2.24, 2.45) is 0 Å². The molecule has 5 nitrogen and oxygen atoms in total. The van der Waals surface area contributed by atoms with Gasteiger partial charge in [-0.3, -0.25) is 4.79 Å². The van der Waals surface area contributed by atoms with Crippen LogP contribution in [0.2, 0.25) is 0 Å². The van der Waals surface area contributed by atoms with Gasteiger partial charge < -0.3 is 10.2 Å². The number of rotatable bonds is 3. The monoisotopic (exact) mass is 318 g/mol. The van der Waals surface area contributed by atoms with E-state index < -0.39 is 0 Å². The Bertz CT molecular complexity index is 887. The third-order valence-electron chi connectivity index (χ3n) is 4.27. The zero-order valence-electron chi connectivity index (χ0n) is 13.3. The molecule has 0 saturated carbocycles. The van der Waals surface area contributed by atoms with Gasteiger partial charge in [0.2, 0.25) is 0 Å². The van der Waals surface area contributed by atoms with E-state index in [1.807, 2.05) is 42.5 Å². The van der Waals surface area contributed by atoms with E-state index >= 15 is 0 Å². The molecule has 4 rings (SSSR count). The Kier molecular flexibility index (Phi) is 3.83. The highest BCUT2D eigenvalue weighted by molar-refractivity contribution is 6.05. The first-order valence-corrected chi connectivity index (χ1v) is 8.18. The number of carbonyl (C=O) groups excluding carboxylic acids is 1. The summed E-state index contributed by atoms with van der Waals surface area (Å²) in [4.78, 5) is 23.7. The molecule has 0 unspecified atom stereocenters. The molecule has 1 aromatic carbocycles. The normalized spacial score (nSPS) is 14.1. The second-order valence-corrected chi connectivity index (χ2v) is 5.91. The molecule has 5 heteroatoms. The minimum absolute atomic E-state index is 0.214. The van der Waals surface area contributed by atoms with Gasteiger partial charge in [0.15, 0.2) is 5.82 Å². The maximum Gasteiger partial charge on any atom is 0.274 e. The minimum atomic E-state index is -0.214. The van der Waals surface area contributed by atoms with E-state index in [-0.39, 0.29) is 5.91 Å². The summed E-state index contributed by atoms with van der Waals surface area (Å²) in [6, 6.07) is 15.2. The average molecular weight is 318 g/mol. The molecule has 0 bridgehead atoms. The van der Waals surface area contributed by atoms with Gasteiger partial charge in [-0.05, 0) is 37.1 Å². The first kappa shape index (κ1) is 14.6. The first-order chi connectivity index (χ1) is 11.8. The van der Waals surface area contributed by atoms with Crippen LogP contribution >= 0.6 is 0 Å². The van der Waals surface area contributed by atoms with Gasteiger partial charge in [0.1, 0.15) is 5.69 Å². The minimum Gasteiger partial charge on any atom is -0.355 e. The summed E-state index contributed by atoms with van der Waals surface area (Å²) in [5.41, 5.74) is 1.96. The van der Waals surface area contributed by atoms with Gasteiger partial charge in [0.05, 0.1) is 11.2 Å². The summed E-state index contributed by atoms with van der Waals surface area (Å²) < 4.78 is 0. The van der Waals surface area contributed by atoms with Crippen LogP contribution in [0.15, 0.2) is 54.7 Å². The highest BCUT2D eigenvalue weighted by Gasteiger charge is 2.18. The molecule has 1 fully saturated rings. The lowest BCUT2D eigenvalue weighted by molar-refractivity contribution is 0.102. The second-order valence-electron chi connectivity index (χ2n) is 5.91. The van der Waals surface area contributed by atoms with Crippen LogP contribution in [-0.4, -0.2) is 29.0 Å². The Morgan fingerprint density at radius 2 is 1.83 bits per heavy atom. The number of hydrogen-bond donors (Lipinski definition) is 1. The van der Waals surface area contributed by atoms with Crippen molar-refractivity contribution >= 4 is 28.3 Å². The summed E-state index contributed by atoms with van der Waals surface area (Å²) in [6.45, 7) is 1.96. The number of fused-ring (bicyclic) bond motifs is 1. The third kappa shape index (κ3) is 2.80. The highest BCUT2D eigenvalue weighted by Crippen LogP contribution is 2.26. The van der Waals surface area contributed by atoms with Gasteiger partial charge in [0.25, 0.3) is 5.91 Å². The number of anilines is 2. The number of hydrogen-bond acceptors (Lipinski definition) is 4. The molecule has 0 aliphatic carbocycles. The molecule has 1 saturated heterocycles. The predicted molar refractivity (Wildman–Crippen MR) is 95.4 cm³/mol. The number of nitrogens with zero attached hydrogens (tertiary/aromatic N) is 3. The molecule has 1 N–H and O–H groups in total. The Morgan fingerprint density at radius 3 is 2.71 bits per heavy atom. The van der Waals surface area contributed by atoms with Gasteiger partial charge in [-0.15, -0.1) is 0 Å². The lowest BCUT2D eigenvalue weighted by atomic mass is 10.2. The van der Waals surface area contributed by atoms with E-state index in [2.05, 4.69) is 20.2 Å². The fraction of sp³-hybridized carbons (Fsp3) is 0.211. The number of nitrogens with one attached hydrogen (secondary N) is 1. The van der Waals surface area contributed by atoms with Crippen molar-refractivity contribution in [3.63, 3.8) is 0 Å². The maximum absolute atomic E-state index is 12.6. The number of carbonyl (C=O) groups is 1. The highest BCUT2D eigenvalue weighted by atomic mass is 16.1. The molecule has 1 amide bonds. The summed E-state index contributed by atoms with van der Waals surface area (Å²) in [7, 11) is 0. The summed E-state index contributed by atoms with van der Waals surface area (Å²) in [6.07, 6.45) is 4.09. The first-order valence-electron chi connectivity index (χ1n) is 8.18. The van der Waals surface area contributed by atoms with Crippen LogP contribution in [0.1, 0.15) is 23.3 Å². The molecule has 120 valence electrons. The molecular weight excluding hydrogens is 300 g/mol. The number of amides is 1. The predicted octanol–water partition coefficient (Wildman–Crippen LogP) is 3.48. The van der Waals surface area contributed by atoms with Gasteiger partial charge in [-0.2, -0.15) is 0 Å². The number of pyridine rings is 2. The summed E-state index contributed by atoms with van der Waals surface area (Å²) in [5, 5.41) is 3.98. The fourth-order valence-electron chi connectivity index (χ4n) is 3.05. The number of aromatic nitrogens is 2. The Balaban J connectivity index is 1.61. The summed E-state index contributed by atoms with van der Waals surface area (Å²) in [5.74, 6) is 0.623. The van der Waals surface area contributed by atoms with Crippen molar-refractivity contribution in [3.8, 4) is 0 Å². The smallest absolute Gasteiger partial charge is 0.274 e. The van der Waals surface area contributed by atoms with Crippen LogP contribution in [0.4, 0.5) is 11.5 Å². The lowest BCUT2D eigenvalue weighted by Crippen LogP contribution is -2.22. The SMILES string of the molecule is O=C(Nc1cccnc1N1CCCC1)c1ccc2ccccc2n1. The van der Waals surface area contributed by atoms with Crippen molar-refractivity contribution < 1.29 is 4.79 Å². The Morgan fingerprint density at radius 1 is 1.00 bits per heavy atom. The van der Waals surface area contributed by atoms with Crippen LogP contribution in [0.5, 0.6) is 0 Å². The quantitative estimate of drug-likeness (QED) is 0.803. The third-order valence-corrected chi connectivity index (χ3v) is 4.27. The zero-order chi connectivity index (χ0) is 16.4. The van der Waals surface area contributed by atoms with Crippen LogP contribution in [0, 0.1) is 0 Å². The van der Waals surface area contributed by atoms with E-state index in [0.29, 0.717) is 5.69 Å². The number of benzene rings is 1. The lowest BCUT2D eigenvalue weighted by Gasteiger charge is -2.19. The van der Waals surface area contributed by atoms with Gasteiger partial charge >= 0.3 is 0 Å². The standard InChI is InChI=1S/C19H18N4O/c24-19(17-10-9-14-6-1-2-7-15(14)21-17)22-16-8-5-11-20-18(16)23-12-3-4-13-23/h1-2,5-11H,3-4,12-13H2,(H,22,24). The van der Waals surface area contributed by atoms with Crippen molar-refractivity contribution in [3.05, 3.63) is 60.4 Å².